The number of aliphatic carboxylic acids is 1. The Morgan fingerprint density at radius 3 is 2.52 bits per heavy atom. The number of fused-ring (bicyclic) bond motifs is 1. The van der Waals surface area contributed by atoms with Gasteiger partial charge in [-0.2, -0.15) is 0 Å². The lowest BCUT2D eigenvalue weighted by molar-refractivity contribution is -0.312. The van der Waals surface area contributed by atoms with Crippen molar-refractivity contribution < 1.29 is 19.1 Å². The van der Waals surface area contributed by atoms with E-state index in [4.69, 9.17) is 20.8 Å². The zero-order valence-corrected chi connectivity index (χ0v) is 14.3. The minimum absolute atomic E-state index is 0.145. The highest BCUT2D eigenvalue weighted by atomic mass is 35.5. The molecule has 1 atom stereocenters. The van der Waals surface area contributed by atoms with Gasteiger partial charge in [0, 0.05) is 10.6 Å². The maximum Gasteiger partial charge on any atom is 0.235 e. The van der Waals surface area contributed by atoms with Crippen LogP contribution in [0.4, 0.5) is 0 Å². The summed E-state index contributed by atoms with van der Waals surface area (Å²) in [6.45, 7) is 3.14. The smallest absolute Gasteiger partial charge is 0.235 e. The topological polar surface area (TPSA) is 79.6 Å². The van der Waals surface area contributed by atoms with Crippen molar-refractivity contribution in [1.82, 2.24) is 0 Å². The van der Waals surface area contributed by atoms with E-state index in [1.54, 1.807) is 36.4 Å². The van der Waals surface area contributed by atoms with E-state index in [-0.39, 0.29) is 11.5 Å². The van der Waals surface area contributed by atoms with Crippen LogP contribution in [0.3, 0.4) is 0 Å². The zero-order chi connectivity index (χ0) is 18.1. The van der Waals surface area contributed by atoms with Crippen molar-refractivity contribution in [2.24, 2.45) is 0 Å². The molecule has 1 aromatic heterocycles. The first kappa shape index (κ1) is 17.0. The second-order valence-electron chi connectivity index (χ2n) is 5.68. The Morgan fingerprint density at radius 2 is 1.88 bits per heavy atom. The molecule has 5 nitrogen and oxygen atoms in total. The molecule has 0 saturated heterocycles. The molecule has 0 aliphatic carbocycles. The maximum atomic E-state index is 12.9. The van der Waals surface area contributed by atoms with E-state index in [0.717, 1.165) is 5.56 Å². The van der Waals surface area contributed by atoms with Crippen molar-refractivity contribution >= 4 is 28.5 Å². The summed E-state index contributed by atoms with van der Waals surface area (Å²) in [6.07, 6.45) is -1.31. The molecule has 0 aliphatic heterocycles. The predicted molar refractivity (Wildman–Crippen MR) is 92.8 cm³/mol. The molecule has 3 rings (SSSR count). The molecule has 1 heterocycles. The van der Waals surface area contributed by atoms with Crippen molar-refractivity contribution in [2.75, 3.05) is 0 Å². The average Bonchev–Trinajstić information content (AvgIpc) is 2.58. The Bertz CT molecular complexity index is 1000. The highest BCUT2D eigenvalue weighted by Crippen LogP contribution is 2.32. The molecular formula is C19H14ClO5-. The van der Waals surface area contributed by atoms with Gasteiger partial charge < -0.3 is 19.1 Å². The molecule has 0 unspecified atom stereocenters. The third-order valence-corrected chi connectivity index (χ3v) is 3.99. The van der Waals surface area contributed by atoms with Crippen molar-refractivity contribution in [1.29, 1.82) is 0 Å². The molecule has 0 fully saturated rings. The van der Waals surface area contributed by atoms with Crippen LogP contribution >= 0.6 is 11.6 Å². The Morgan fingerprint density at radius 1 is 1.20 bits per heavy atom. The van der Waals surface area contributed by atoms with Gasteiger partial charge in [0.1, 0.15) is 11.7 Å². The van der Waals surface area contributed by atoms with Gasteiger partial charge in [-0.25, -0.2) is 0 Å². The number of carbonyl (C=O) groups excluding carboxylic acids is 1. The van der Waals surface area contributed by atoms with Crippen LogP contribution < -0.4 is 15.3 Å². The lowest BCUT2D eigenvalue weighted by Gasteiger charge is -2.17. The Labute approximate surface area is 148 Å². The first-order valence-electron chi connectivity index (χ1n) is 7.57. The molecule has 6 heteroatoms. The van der Waals surface area contributed by atoms with Gasteiger partial charge in [-0.1, -0.05) is 23.2 Å². The number of ether oxygens (including phenoxy) is 1. The Hall–Kier alpha value is -2.79. The van der Waals surface area contributed by atoms with E-state index in [0.29, 0.717) is 21.6 Å². The third-order valence-electron chi connectivity index (χ3n) is 3.74. The van der Waals surface area contributed by atoms with Gasteiger partial charge in [0.2, 0.25) is 11.2 Å². The molecule has 3 aromatic rings. The second-order valence-corrected chi connectivity index (χ2v) is 6.11. The molecule has 0 saturated carbocycles. The van der Waals surface area contributed by atoms with E-state index in [9.17, 15) is 14.7 Å². The lowest BCUT2D eigenvalue weighted by Crippen LogP contribution is -2.38. The van der Waals surface area contributed by atoms with Crippen LogP contribution in [0.25, 0.3) is 22.3 Å². The quantitative estimate of drug-likeness (QED) is 0.717. The van der Waals surface area contributed by atoms with Gasteiger partial charge in [-0.15, -0.1) is 0 Å². The first-order chi connectivity index (χ1) is 11.9. The summed E-state index contributed by atoms with van der Waals surface area (Å²) in [5, 5.41) is 11.9. The standard InChI is InChI=1S/C19H15ClO5/c1-10-3-8-15-14(9-10)16(21)18(24-11(2)19(22)23)17(25-15)12-4-6-13(20)7-5-12/h3-9,11H,1-2H3,(H,22,23)/p-1/t11-/m0/s1. The summed E-state index contributed by atoms with van der Waals surface area (Å²) in [5.41, 5.74) is 1.36. The number of carboxylic acids is 1. The fraction of sp³-hybridized carbons (Fsp3) is 0.158. The molecule has 0 amide bonds. The first-order valence-corrected chi connectivity index (χ1v) is 7.95. The number of hydrogen-bond donors (Lipinski definition) is 0. The summed E-state index contributed by atoms with van der Waals surface area (Å²) >= 11 is 5.90. The molecule has 0 bridgehead atoms. The average molecular weight is 358 g/mol. The number of carboxylic acid groups (broad SMARTS) is 1. The normalized spacial score (nSPS) is 12.1. The number of rotatable bonds is 4. The highest BCUT2D eigenvalue weighted by molar-refractivity contribution is 6.30. The number of aryl methyl sites for hydroxylation is 1. The minimum Gasteiger partial charge on any atom is -0.546 e. The van der Waals surface area contributed by atoms with Crippen molar-refractivity contribution in [3.05, 3.63) is 63.3 Å². The molecule has 0 spiro atoms. The van der Waals surface area contributed by atoms with Crippen LogP contribution in [0.15, 0.2) is 51.7 Å². The third kappa shape index (κ3) is 3.37. The fourth-order valence-electron chi connectivity index (χ4n) is 2.42. The predicted octanol–water partition coefficient (Wildman–Crippen LogP) is 2.94. The van der Waals surface area contributed by atoms with Crippen LogP contribution in [0.2, 0.25) is 5.02 Å². The molecule has 0 N–H and O–H groups in total. The van der Waals surface area contributed by atoms with Crippen LogP contribution in [0.1, 0.15) is 12.5 Å². The van der Waals surface area contributed by atoms with Gasteiger partial charge in [-0.3, -0.25) is 4.79 Å². The van der Waals surface area contributed by atoms with Crippen molar-refractivity contribution in [2.45, 2.75) is 20.0 Å². The highest BCUT2D eigenvalue weighted by Gasteiger charge is 2.20. The number of carbonyl (C=O) groups is 1. The molecular weight excluding hydrogens is 344 g/mol. The van der Waals surface area contributed by atoms with E-state index in [1.165, 1.54) is 6.92 Å². The number of hydrogen-bond acceptors (Lipinski definition) is 5. The Balaban J connectivity index is 2.29. The molecule has 0 radical (unpaired) electrons. The summed E-state index contributed by atoms with van der Waals surface area (Å²) in [5.74, 6) is -1.45. The number of benzene rings is 2. The monoisotopic (exact) mass is 357 g/mol. The summed E-state index contributed by atoms with van der Waals surface area (Å²) < 4.78 is 11.2. The van der Waals surface area contributed by atoms with Gasteiger partial charge in [0.15, 0.2) is 5.76 Å². The largest absolute Gasteiger partial charge is 0.546 e. The van der Waals surface area contributed by atoms with Crippen molar-refractivity contribution in [3.63, 3.8) is 0 Å². The van der Waals surface area contributed by atoms with Crippen LogP contribution in [-0.2, 0) is 4.79 Å². The molecule has 128 valence electrons. The van der Waals surface area contributed by atoms with Gasteiger partial charge in [-0.05, 0) is 50.2 Å². The van der Waals surface area contributed by atoms with E-state index < -0.39 is 17.5 Å². The second kappa shape index (κ2) is 6.61. The van der Waals surface area contributed by atoms with Gasteiger partial charge in [0.25, 0.3) is 0 Å². The Kier molecular flexibility index (Phi) is 4.51. The fourth-order valence-corrected chi connectivity index (χ4v) is 2.54. The summed E-state index contributed by atoms with van der Waals surface area (Å²) in [4.78, 5) is 23.9. The maximum absolute atomic E-state index is 12.9. The van der Waals surface area contributed by atoms with E-state index in [2.05, 4.69) is 0 Å². The van der Waals surface area contributed by atoms with Crippen molar-refractivity contribution in [3.8, 4) is 17.1 Å². The minimum atomic E-state index is -1.43. The van der Waals surface area contributed by atoms with E-state index >= 15 is 0 Å². The SMILES string of the molecule is Cc1ccc2oc(-c3ccc(Cl)cc3)c(O[C@@H](C)C(=O)[O-])c(=O)c2c1. The summed E-state index contributed by atoms with van der Waals surface area (Å²) in [7, 11) is 0. The summed E-state index contributed by atoms with van der Waals surface area (Å²) in [6, 6.07) is 11.8. The van der Waals surface area contributed by atoms with Crippen LogP contribution in [0.5, 0.6) is 5.75 Å². The molecule has 0 aliphatic rings. The van der Waals surface area contributed by atoms with Crippen LogP contribution in [-0.4, -0.2) is 12.1 Å². The molecule has 25 heavy (non-hydrogen) atoms. The van der Waals surface area contributed by atoms with Gasteiger partial charge >= 0.3 is 0 Å². The zero-order valence-electron chi connectivity index (χ0n) is 13.5. The van der Waals surface area contributed by atoms with Gasteiger partial charge in [0.05, 0.1) is 11.4 Å². The molecule has 2 aromatic carbocycles. The van der Waals surface area contributed by atoms with E-state index in [1.807, 2.05) is 13.0 Å². The van der Waals surface area contributed by atoms with Crippen LogP contribution in [0, 0.1) is 6.92 Å². The lowest BCUT2D eigenvalue weighted by atomic mass is 10.1. The number of halogens is 1.